The van der Waals surface area contributed by atoms with Crippen LogP contribution in [0.5, 0.6) is 0 Å². The summed E-state index contributed by atoms with van der Waals surface area (Å²) in [6, 6.07) is 4.36. The number of rotatable bonds is 4. The van der Waals surface area contributed by atoms with Crippen LogP contribution in [-0.2, 0) is 11.2 Å². The van der Waals surface area contributed by atoms with Crippen LogP contribution in [0, 0.1) is 0 Å². The lowest BCUT2D eigenvalue weighted by atomic mass is 10.00. The predicted octanol–water partition coefficient (Wildman–Crippen LogP) is 2.67. The summed E-state index contributed by atoms with van der Waals surface area (Å²) in [6.45, 7) is 8.10. The first kappa shape index (κ1) is 11.7. The summed E-state index contributed by atoms with van der Waals surface area (Å²) in [7, 11) is 0. The molecule has 2 rings (SSSR count). The van der Waals surface area contributed by atoms with Gasteiger partial charge < -0.3 is 9.15 Å². The Morgan fingerprint density at radius 2 is 2.31 bits per heavy atom. The van der Waals surface area contributed by atoms with Gasteiger partial charge in [0.1, 0.15) is 11.5 Å². The van der Waals surface area contributed by atoms with Crippen LogP contribution in [0.25, 0.3) is 0 Å². The second kappa shape index (κ2) is 4.60. The summed E-state index contributed by atoms with van der Waals surface area (Å²) < 4.78 is 11.2. The standard InChI is InChI=1S/C13H21NO2/c1-4-11-5-6-12(16-11)10(2)14-13(3)7-8-15-9-13/h5-6,10,14H,4,7-9H2,1-3H3. The van der Waals surface area contributed by atoms with Gasteiger partial charge in [0.05, 0.1) is 12.6 Å². The average molecular weight is 223 g/mol. The van der Waals surface area contributed by atoms with E-state index >= 15 is 0 Å². The molecule has 0 radical (unpaired) electrons. The van der Waals surface area contributed by atoms with Crippen LogP contribution in [0.1, 0.15) is 44.8 Å². The lowest BCUT2D eigenvalue weighted by Gasteiger charge is -2.27. The zero-order chi connectivity index (χ0) is 11.6. The summed E-state index contributed by atoms with van der Waals surface area (Å²) in [6.07, 6.45) is 2.02. The molecule has 1 saturated heterocycles. The Bertz CT molecular complexity index is 339. The number of nitrogens with one attached hydrogen (secondary N) is 1. The first-order chi connectivity index (χ1) is 7.63. The van der Waals surface area contributed by atoms with Crippen LogP contribution in [0.2, 0.25) is 0 Å². The third-order valence-corrected chi connectivity index (χ3v) is 3.24. The summed E-state index contributed by atoms with van der Waals surface area (Å²) in [5.41, 5.74) is 0.0958. The molecule has 2 atom stereocenters. The Balaban J connectivity index is 1.99. The van der Waals surface area contributed by atoms with E-state index in [1.807, 2.05) is 0 Å². The molecular formula is C13H21NO2. The molecule has 16 heavy (non-hydrogen) atoms. The molecule has 90 valence electrons. The van der Waals surface area contributed by atoms with Crippen molar-refractivity contribution < 1.29 is 9.15 Å². The van der Waals surface area contributed by atoms with Gasteiger partial charge in [0.15, 0.2) is 0 Å². The minimum absolute atomic E-state index is 0.0958. The van der Waals surface area contributed by atoms with E-state index < -0.39 is 0 Å². The molecule has 0 amide bonds. The zero-order valence-corrected chi connectivity index (χ0v) is 10.4. The highest BCUT2D eigenvalue weighted by Crippen LogP contribution is 2.24. The number of hydrogen-bond donors (Lipinski definition) is 1. The minimum Gasteiger partial charge on any atom is -0.464 e. The van der Waals surface area contributed by atoms with E-state index in [0.717, 1.165) is 37.6 Å². The maximum atomic E-state index is 5.75. The van der Waals surface area contributed by atoms with Crippen molar-refractivity contribution in [3.8, 4) is 0 Å². The fourth-order valence-electron chi connectivity index (χ4n) is 2.19. The summed E-state index contributed by atoms with van der Waals surface area (Å²) >= 11 is 0. The molecule has 3 nitrogen and oxygen atoms in total. The lowest BCUT2D eigenvalue weighted by Crippen LogP contribution is -2.44. The molecule has 0 spiro atoms. The number of furan rings is 1. The van der Waals surface area contributed by atoms with E-state index in [1.165, 1.54) is 0 Å². The van der Waals surface area contributed by atoms with Gasteiger partial charge in [-0.05, 0) is 32.4 Å². The zero-order valence-electron chi connectivity index (χ0n) is 10.4. The molecule has 1 aromatic rings. The molecule has 0 saturated carbocycles. The fourth-order valence-corrected chi connectivity index (χ4v) is 2.19. The van der Waals surface area contributed by atoms with Crippen molar-refractivity contribution in [2.45, 2.75) is 45.2 Å². The quantitative estimate of drug-likeness (QED) is 0.852. The van der Waals surface area contributed by atoms with Gasteiger partial charge in [0.25, 0.3) is 0 Å². The fraction of sp³-hybridized carbons (Fsp3) is 0.692. The molecule has 3 heteroatoms. The highest BCUT2D eigenvalue weighted by molar-refractivity contribution is 5.11. The smallest absolute Gasteiger partial charge is 0.120 e. The molecule has 2 unspecified atom stereocenters. The summed E-state index contributed by atoms with van der Waals surface area (Å²) in [4.78, 5) is 0. The molecule has 1 fully saturated rings. The van der Waals surface area contributed by atoms with Gasteiger partial charge in [-0.1, -0.05) is 6.92 Å². The molecule has 1 aromatic heterocycles. The third-order valence-electron chi connectivity index (χ3n) is 3.24. The van der Waals surface area contributed by atoms with Gasteiger partial charge in [-0.3, -0.25) is 5.32 Å². The molecular weight excluding hydrogens is 202 g/mol. The Morgan fingerprint density at radius 1 is 1.50 bits per heavy atom. The predicted molar refractivity (Wildman–Crippen MR) is 63.5 cm³/mol. The number of aryl methyl sites for hydroxylation is 1. The maximum absolute atomic E-state index is 5.75. The van der Waals surface area contributed by atoms with Gasteiger partial charge in [-0.2, -0.15) is 0 Å². The Labute approximate surface area is 97.2 Å². The third kappa shape index (κ3) is 2.47. The first-order valence-electron chi connectivity index (χ1n) is 6.07. The highest BCUT2D eigenvalue weighted by atomic mass is 16.5. The van der Waals surface area contributed by atoms with Crippen LogP contribution < -0.4 is 5.32 Å². The second-order valence-electron chi connectivity index (χ2n) is 4.89. The molecule has 2 heterocycles. The molecule has 0 bridgehead atoms. The summed E-state index contributed by atoms with van der Waals surface area (Å²) in [5.74, 6) is 2.07. The Kier molecular flexibility index (Phi) is 3.36. The Morgan fingerprint density at radius 3 is 2.88 bits per heavy atom. The maximum Gasteiger partial charge on any atom is 0.120 e. The highest BCUT2D eigenvalue weighted by Gasteiger charge is 2.31. The van der Waals surface area contributed by atoms with Gasteiger partial charge >= 0.3 is 0 Å². The van der Waals surface area contributed by atoms with E-state index in [0.29, 0.717) is 0 Å². The van der Waals surface area contributed by atoms with Crippen molar-refractivity contribution in [2.75, 3.05) is 13.2 Å². The van der Waals surface area contributed by atoms with Crippen molar-refractivity contribution >= 4 is 0 Å². The van der Waals surface area contributed by atoms with Gasteiger partial charge in [-0.25, -0.2) is 0 Å². The van der Waals surface area contributed by atoms with Crippen LogP contribution in [-0.4, -0.2) is 18.8 Å². The molecule has 0 aromatic carbocycles. The van der Waals surface area contributed by atoms with E-state index in [2.05, 4.69) is 38.2 Å². The second-order valence-corrected chi connectivity index (χ2v) is 4.89. The van der Waals surface area contributed by atoms with Crippen LogP contribution in [0.4, 0.5) is 0 Å². The van der Waals surface area contributed by atoms with Gasteiger partial charge in [-0.15, -0.1) is 0 Å². The number of hydrogen-bond acceptors (Lipinski definition) is 3. The summed E-state index contributed by atoms with van der Waals surface area (Å²) in [5, 5.41) is 3.59. The molecule has 0 aliphatic carbocycles. The molecule has 1 aliphatic rings. The van der Waals surface area contributed by atoms with Gasteiger partial charge in [0.2, 0.25) is 0 Å². The normalized spacial score (nSPS) is 27.2. The molecule has 1 aliphatic heterocycles. The van der Waals surface area contributed by atoms with Crippen molar-refractivity contribution in [3.63, 3.8) is 0 Å². The Hall–Kier alpha value is -0.800. The van der Waals surface area contributed by atoms with Crippen molar-refractivity contribution in [3.05, 3.63) is 23.7 Å². The first-order valence-corrected chi connectivity index (χ1v) is 6.07. The van der Waals surface area contributed by atoms with Crippen LogP contribution in [0.3, 0.4) is 0 Å². The number of ether oxygens (including phenoxy) is 1. The van der Waals surface area contributed by atoms with E-state index in [9.17, 15) is 0 Å². The van der Waals surface area contributed by atoms with Crippen molar-refractivity contribution in [1.82, 2.24) is 5.32 Å². The topological polar surface area (TPSA) is 34.4 Å². The average Bonchev–Trinajstić information content (AvgIpc) is 2.86. The SMILES string of the molecule is CCc1ccc(C(C)NC2(C)CCOC2)o1. The largest absolute Gasteiger partial charge is 0.464 e. The molecule has 1 N–H and O–H groups in total. The lowest BCUT2D eigenvalue weighted by molar-refractivity contribution is 0.165. The van der Waals surface area contributed by atoms with Crippen molar-refractivity contribution in [2.24, 2.45) is 0 Å². The van der Waals surface area contributed by atoms with E-state index in [1.54, 1.807) is 0 Å². The van der Waals surface area contributed by atoms with E-state index in [4.69, 9.17) is 9.15 Å². The van der Waals surface area contributed by atoms with E-state index in [-0.39, 0.29) is 11.6 Å². The monoisotopic (exact) mass is 223 g/mol. The van der Waals surface area contributed by atoms with Crippen molar-refractivity contribution in [1.29, 1.82) is 0 Å². The van der Waals surface area contributed by atoms with Crippen LogP contribution >= 0.6 is 0 Å². The van der Waals surface area contributed by atoms with Crippen LogP contribution in [0.15, 0.2) is 16.5 Å². The minimum atomic E-state index is 0.0958. The van der Waals surface area contributed by atoms with Gasteiger partial charge in [0, 0.05) is 18.6 Å².